The van der Waals surface area contributed by atoms with Crippen LogP contribution in [0.15, 0.2) is 54.6 Å². The highest BCUT2D eigenvalue weighted by atomic mass is 32.1. The molecular formula is C15H15N3OS. The third kappa shape index (κ3) is 3.01. The number of anilines is 1. The van der Waals surface area contributed by atoms with Gasteiger partial charge in [-0.1, -0.05) is 30.3 Å². The molecule has 2 rings (SSSR count). The molecule has 5 heteroatoms. The Balaban J connectivity index is 2.41. The zero-order valence-corrected chi connectivity index (χ0v) is 11.6. The van der Waals surface area contributed by atoms with Gasteiger partial charge in [-0.25, -0.2) is 0 Å². The number of hydrogen-bond donors (Lipinski definition) is 2. The highest BCUT2D eigenvalue weighted by Gasteiger charge is 2.20. The Kier molecular flexibility index (Phi) is 4.45. The molecule has 0 fully saturated rings. The second-order valence-electron chi connectivity index (χ2n) is 4.22. The Bertz CT molecular complexity index is 628. The molecule has 0 unspecified atom stereocenters. The lowest BCUT2D eigenvalue weighted by molar-refractivity contribution is 0.100. The van der Waals surface area contributed by atoms with Crippen LogP contribution in [0, 0.1) is 0 Å². The molecule has 0 bridgehead atoms. The molecule has 0 aliphatic rings. The summed E-state index contributed by atoms with van der Waals surface area (Å²) in [5.74, 6) is -0.257. The molecule has 4 N–H and O–H groups in total. The van der Waals surface area contributed by atoms with Gasteiger partial charge in [0.15, 0.2) is 5.11 Å². The van der Waals surface area contributed by atoms with Gasteiger partial charge in [0.25, 0.3) is 5.91 Å². The summed E-state index contributed by atoms with van der Waals surface area (Å²) in [6.07, 6.45) is 0. The third-order valence-corrected chi connectivity index (χ3v) is 3.03. The molecule has 1 amide bonds. The number of nitrogens with zero attached hydrogens (tertiary/aromatic N) is 1. The molecule has 0 heterocycles. The lowest BCUT2D eigenvalue weighted by Crippen LogP contribution is -2.40. The van der Waals surface area contributed by atoms with Crippen molar-refractivity contribution in [3.05, 3.63) is 65.7 Å². The van der Waals surface area contributed by atoms with E-state index in [4.69, 9.17) is 23.7 Å². The van der Waals surface area contributed by atoms with Crippen molar-refractivity contribution in [2.45, 2.75) is 6.54 Å². The van der Waals surface area contributed by atoms with Crippen LogP contribution in [0.1, 0.15) is 15.9 Å². The maximum atomic E-state index is 12.5. The van der Waals surface area contributed by atoms with Crippen molar-refractivity contribution in [3.8, 4) is 0 Å². The van der Waals surface area contributed by atoms with Crippen LogP contribution in [0.3, 0.4) is 0 Å². The largest absolute Gasteiger partial charge is 0.376 e. The van der Waals surface area contributed by atoms with Gasteiger partial charge >= 0.3 is 0 Å². The summed E-state index contributed by atoms with van der Waals surface area (Å²) in [4.78, 5) is 13.8. The zero-order valence-electron chi connectivity index (χ0n) is 10.8. The van der Waals surface area contributed by atoms with Crippen LogP contribution in [-0.2, 0) is 6.54 Å². The first-order valence-electron chi connectivity index (χ1n) is 6.11. The van der Waals surface area contributed by atoms with E-state index < -0.39 is 0 Å². The fourth-order valence-corrected chi connectivity index (χ4v) is 2.07. The Morgan fingerprint density at radius 3 is 2.40 bits per heavy atom. The standard InChI is InChI=1S/C15H15N3OS/c16-10-11-5-4-8-13(9-11)18(15(17)20)14(19)12-6-2-1-3-7-12/h1-9H,10,16H2,(H2,17,20). The van der Waals surface area contributed by atoms with E-state index in [2.05, 4.69) is 0 Å². The first kappa shape index (κ1) is 14.2. The molecule has 20 heavy (non-hydrogen) atoms. The number of nitrogens with two attached hydrogens (primary N) is 2. The van der Waals surface area contributed by atoms with Crippen LogP contribution in [0.5, 0.6) is 0 Å². The molecule has 4 nitrogen and oxygen atoms in total. The highest BCUT2D eigenvalue weighted by molar-refractivity contribution is 7.80. The SMILES string of the molecule is NCc1cccc(N(C(=O)c2ccccc2)C(N)=S)c1. The molecule has 0 aliphatic carbocycles. The van der Waals surface area contributed by atoms with Crippen molar-refractivity contribution < 1.29 is 4.79 Å². The normalized spacial score (nSPS) is 10.1. The topological polar surface area (TPSA) is 72.3 Å². The van der Waals surface area contributed by atoms with Crippen molar-refractivity contribution in [2.75, 3.05) is 4.90 Å². The Labute approximate surface area is 123 Å². The van der Waals surface area contributed by atoms with E-state index in [1.807, 2.05) is 18.2 Å². The Morgan fingerprint density at radius 2 is 1.80 bits per heavy atom. The summed E-state index contributed by atoms with van der Waals surface area (Å²) >= 11 is 5.01. The minimum atomic E-state index is -0.257. The van der Waals surface area contributed by atoms with Crippen LogP contribution in [0.4, 0.5) is 5.69 Å². The van der Waals surface area contributed by atoms with Gasteiger partial charge in [0.2, 0.25) is 0 Å². The van der Waals surface area contributed by atoms with Crippen molar-refractivity contribution in [2.24, 2.45) is 11.5 Å². The molecule has 0 aliphatic heterocycles. The summed E-state index contributed by atoms with van der Waals surface area (Å²) in [5.41, 5.74) is 13.4. The molecule has 0 aromatic heterocycles. The van der Waals surface area contributed by atoms with Gasteiger partial charge in [-0.3, -0.25) is 9.69 Å². The first-order chi connectivity index (χ1) is 9.63. The van der Waals surface area contributed by atoms with Crippen molar-refractivity contribution in [1.29, 1.82) is 0 Å². The van der Waals surface area contributed by atoms with Crippen LogP contribution in [0.2, 0.25) is 0 Å². The molecule has 2 aromatic carbocycles. The predicted molar refractivity (Wildman–Crippen MR) is 84.4 cm³/mol. The molecular weight excluding hydrogens is 270 g/mol. The Morgan fingerprint density at radius 1 is 1.10 bits per heavy atom. The van der Waals surface area contributed by atoms with E-state index in [0.717, 1.165) is 5.56 Å². The quantitative estimate of drug-likeness (QED) is 0.846. The maximum absolute atomic E-state index is 12.5. The predicted octanol–water partition coefficient (Wildman–Crippen LogP) is 2.04. The fraction of sp³-hybridized carbons (Fsp3) is 0.0667. The lowest BCUT2D eigenvalue weighted by Gasteiger charge is -2.21. The van der Waals surface area contributed by atoms with E-state index in [9.17, 15) is 4.79 Å². The molecule has 0 spiro atoms. The zero-order chi connectivity index (χ0) is 14.5. The second-order valence-corrected chi connectivity index (χ2v) is 4.64. The monoisotopic (exact) mass is 285 g/mol. The number of carbonyl (C=O) groups is 1. The van der Waals surface area contributed by atoms with Crippen molar-refractivity contribution in [1.82, 2.24) is 0 Å². The minimum absolute atomic E-state index is 0.00743. The van der Waals surface area contributed by atoms with E-state index in [0.29, 0.717) is 17.8 Å². The molecule has 102 valence electrons. The number of rotatable bonds is 3. The van der Waals surface area contributed by atoms with Gasteiger partial charge in [0.1, 0.15) is 0 Å². The van der Waals surface area contributed by atoms with E-state index in [1.165, 1.54) is 4.90 Å². The van der Waals surface area contributed by atoms with Crippen LogP contribution in [-0.4, -0.2) is 11.0 Å². The van der Waals surface area contributed by atoms with Gasteiger partial charge in [-0.2, -0.15) is 0 Å². The maximum Gasteiger partial charge on any atom is 0.264 e. The summed E-state index contributed by atoms with van der Waals surface area (Å²) < 4.78 is 0. The summed E-state index contributed by atoms with van der Waals surface area (Å²) in [6, 6.07) is 16.2. The molecule has 0 radical (unpaired) electrons. The van der Waals surface area contributed by atoms with Gasteiger partial charge in [-0.15, -0.1) is 0 Å². The number of amides is 1. The molecule has 0 saturated carbocycles. The average molecular weight is 285 g/mol. The molecule has 0 atom stereocenters. The number of carbonyl (C=O) groups excluding carboxylic acids is 1. The lowest BCUT2D eigenvalue weighted by atomic mass is 10.1. The third-order valence-electron chi connectivity index (χ3n) is 2.85. The van der Waals surface area contributed by atoms with Crippen molar-refractivity contribution >= 4 is 28.9 Å². The van der Waals surface area contributed by atoms with Crippen LogP contribution >= 0.6 is 12.2 Å². The summed E-state index contributed by atoms with van der Waals surface area (Å²) in [6.45, 7) is 0.387. The van der Waals surface area contributed by atoms with E-state index in [-0.39, 0.29) is 11.0 Å². The number of thiocarbonyl (C=S) groups is 1. The summed E-state index contributed by atoms with van der Waals surface area (Å²) in [5, 5.41) is 0.00743. The second kappa shape index (κ2) is 6.27. The first-order valence-corrected chi connectivity index (χ1v) is 6.52. The Hall–Kier alpha value is -2.24. The number of benzene rings is 2. The fourth-order valence-electron chi connectivity index (χ4n) is 1.88. The average Bonchev–Trinajstić information content (AvgIpc) is 2.48. The van der Waals surface area contributed by atoms with Gasteiger partial charge < -0.3 is 11.5 Å². The van der Waals surface area contributed by atoms with Gasteiger partial charge in [-0.05, 0) is 42.0 Å². The van der Waals surface area contributed by atoms with E-state index in [1.54, 1.807) is 36.4 Å². The minimum Gasteiger partial charge on any atom is -0.376 e. The highest BCUT2D eigenvalue weighted by Crippen LogP contribution is 2.19. The smallest absolute Gasteiger partial charge is 0.264 e. The van der Waals surface area contributed by atoms with Gasteiger partial charge in [0, 0.05) is 12.1 Å². The summed E-state index contributed by atoms with van der Waals surface area (Å²) in [7, 11) is 0. The van der Waals surface area contributed by atoms with E-state index >= 15 is 0 Å². The molecule has 0 saturated heterocycles. The van der Waals surface area contributed by atoms with Gasteiger partial charge in [0.05, 0.1) is 5.69 Å². The van der Waals surface area contributed by atoms with Crippen molar-refractivity contribution in [3.63, 3.8) is 0 Å². The van der Waals surface area contributed by atoms with Crippen LogP contribution < -0.4 is 16.4 Å². The van der Waals surface area contributed by atoms with Crippen LogP contribution in [0.25, 0.3) is 0 Å². The molecule has 2 aromatic rings. The number of hydrogen-bond acceptors (Lipinski definition) is 3.